The number of hydrogen-bond donors (Lipinski definition) is 2. The molecule has 4 rings (SSSR count). The number of unbranched alkanes of at least 4 members (excludes halogenated alkanes) is 1. The molecule has 160 valence electrons. The number of nitrogen functional groups attached to an aromatic ring is 1. The van der Waals surface area contributed by atoms with Crippen molar-refractivity contribution in [3.63, 3.8) is 0 Å². The van der Waals surface area contributed by atoms with Gasteiger partial charge in [0.15, 0.2) is 5.58 Å². The third-order valence-corrected chi connectivity index (χ3v) is 5.02. The van der Waals surface area contributed by atoms with E-state index in [1.807, 2.05) is 6.92 Å². The Bertz CT molecular complexity index is 1250. The number of oxazole rings is 1. The number of nitrogens with one attached hydrogen (secondary N) is 1. The van der Waals surface area contributed by atoms with Gasteiger partial charge in [0.25, 0.3) is 0 Å². The van der Waals surface area contributed by atoms with Gasteiger partial charge in [-0.15, -0.1) is 0 Å². The molecule has 3 aromatic heterocycles. The van der Waals surface area contributed by atoms with Gasteiger partial charge in [0.1, 0.15) is 17.2 Å². The largest absolute Gasteiger partial charge is 0.449 e. The van der Waals surface area contributed by atoms with E-state index in [1.165, 1.54) is 4.90 Å². The molecule has 0 aliphatic rings. The van der Waals surface area contributed by atoms with Crippen molar-refractivity contribution < 1.29 is 13.9 Å². The van der Waals surface area contributed by atoms with Crippen molar-refractivity contribution in [3.05, 3.63) is 36.7 Å². The van der Waals surface area contributed by atoms with Crippen molar-refractivity contribution in [2.75, 3.05) is 36.7 Å². The number of rotatable bonds is 6. The van der Waals surface area contributed by atoms with Gasteiger partial charge in [-0.2, -0.15) is 0 Å². The van der Waals surface area contributed by atoms with E-state index >= 15 is 0 Å². The molecule has 0 fully saturated rings. The minimum atomic E-state index is -0.405. The number of nitrogens with zero attached hydrogens (tertiary/aromatic N) is 4. The summed E-state index contributed by atoms with van der Waals surface area (Å²) in [6, 6.07) is 7.13. The minimum absolute atomic E-state index is 0.392. The lowest BCUT2D eigenvalue weighted by molar-refractivity contribution is 0.153. The molecule has 1 aromatic carbocycles. The van der Waals surface area contributed by atoms with Crippen molar-refractivity contribution >= 4 is 45.3 Å². The maximum atomic E-state index is 12.2. The summed E-state index contributed by atoms with van der Waals surface area (Å²) in [5.41, 5.74) is 8.49. The Morgan fingerprint density at radius 1 is 1.23 bits per heavy atom. The highest BCUT2D eigenvalue weighted by Gasteiger charge is 2.17. The molecule has 0 unspecified atom stereocenters. The van der Waals surface area contributed by atoms with E-state index in [1.54, 1.807) is 50.8 Å². The predicted octanol–water partition coefficient (Wildman–Crippen LogP) is 4.43. The summed E-state index contributed by atoms with van der Waals surface area (Å²) >= 11 is 0. The third kappa shape index (κ3) is 3.94. The lowest BCUT2D eigenvalue weighted by Crippen LogP contribution is -2.27. The number of aromatic nitrogens is 3. The number of anilines is 3. The average Bonchev–Trinajstić information content (AvgIpc) is 3.20. The van der Waals surface area contributed by atoms with Gasteiger partial charge in [0.05, 0.1) is 12.2 Å². The molecule has 31 heavy (non-hydrogen) atoms. The smallest absolute Gasteiger partial charge is 0.414 e. The van der Waals surface area contributed by atoms with Crippen molar-refractivity contribution in [2.24, 2.45) is 0 Å². The van der Waals surface area contributed by atoms with Crippen LogP contribution in [-0.2, 0) is 4.74 Å². The van der Waals surface area contributed by atoms with Crippen molar-refractivity contribution in [1.82, 2.24) is 15.0 Å². The van der Waals surface area contributed by atoms with E-state index in [0.29, 0.717) is 46.5 Å². The van der Waals surface area contributed by atoms with Gasteiger partial charge in [-0.25, -0.2) is 19.7 Å². The molecular weight excluding hydrogens is 396 g/mol. The van der Waals surface area contributed by atoms with Crippen LogP contribution in [0.1, 0.15) is 19.8 Å². The first-order valence-corrected chi connectivity index (χ1v) is 10.0. The first-order valence-electron chi connectivity index (χ1n) is 10.0. The Labute approximate surface area is 179 Å². The van der Waals surface area contributed by atoms with Crippen LogP contribution in [-0.4, -0.2) is 41.7 Å². The van der Waals surface area contributed by atoms with Crippen LogP contribution in [0.4, 0.5) is 22.1 Å². The molecule has 0 aliphatic heterocycles. The van der Waals surface area contributed by atoms with E-state index in [4.69, 9.17) is 14.9 Å². The number of pyridine rings is 2. The molecule has 3 heterocycles. The molecular formula is C22H24N6O3. The third-order valence-electron chi connectivity index (χ3n) is 5.02. The van der Waals surface area contributed by atoms with Gasteiger partial charge in [0.2, 0.25) is 5.89 Å². The molecule has 0 saturated carbocycles. The fraction of sp³-hybridized carbons (Fsp3) is 0.273. The number of ether oxygens (including phenoxy) is 1. The second kappa shape index (κ2) is 8.47. The van der Waals surface area contributed by atoms with E-state index in [0.717, 1.165) is 23.6 Å². The van der Waals surface area contributed by atoms with Crippen molar-refractivity contribution in [1.29, 1.82) is 0 Å². The Morgan fingerprint density at radius 3 is 2.84 bits per heavy atom. The van der Waals surface area contributed by atoms with Crippen LogP contribution in [0.2, 0.25) is 0 Å². The molecule has 0 bridgehead atoms. The predicted molar refractivity (Wildman–Crippen MR) is 121 cm³/mol. The van der Waals surface area contributed by atoms with Crippen LogP contribution in [0.5, 0.6) is 0 Å². The van der Waals surface area contributed by atoms with Crippen LogP contribution in [0.15, 0.2) is 41.1 Å². The van der Waals surface area contributed by atoms with Gasteiger partial charge < -0.3 is 20.2 Å². The molecule has 1 amide bonds. The normalized spacial score (nSPS) is 11.1. The van der Waals surface area contributed by atoms with Gasteiger partial charge >= 0.3 is 6.09 Å². The van der Waals surface area contributed by atoms with Crippen molar-refractivity contribution in [2.45, 2.75) is 19.8 Å². The van der Waals surface area contributed by atoms with Gasteiger partial charge in [-0.1, -0.05) is 13.3 Å². The molecule has 0 spiro atoms. The van der Waals surface area contributed by atoms with Crippen LogP contribution in [0, 0.1) is 0 Å². The number of benzene rings is 1. The first-order chi connectivity index (χ1) is 15.0. The first kappa shape index (κ1) is 20.4. The zero-order valence-electron chi connectivity index (χ0n) is 17.7. The topological polar surface area (TPSA) is 119 Å². The number of nitrogens with two attached hydrogens (primary N) is 1. The standard InChI is InChI=1S/C22H24N6O3/c1-4-5-8-30-22(29)28(3)13-6-7-18-17(9-13)27-21(31-18)16-12-26-20(24-2)15-11-25-19(23)10-14(15)16/h6-7,9-12H,4-5,8H2,1-3H3,(H2,23,25)(H,24,26). The Morgan fingerprint density at radius 2 is 2.06 bits per heavy atom. The zero-order chi connectivity index (χ0) is 22.0. The van der Waals surface area contributed by atoms with Gasteiger partial charge in [-0.3, -0.25) is 4.90 Å². The zero-order valence-corrected chi connectivity index (χ0v) is 17.7. The van der Waals surface area contributed by atoms with E-state index in [9.17, 15) is 4.79 Å². The summed E-state index contributed by atoms with van der Waals surface area (Å²) in [6.07, 6.45) is 4.76. The maximum Gasteiger partial charge on any atom is 0.414 e. The van der Waals surface area contributed by atoms with Gasteiger partial charge in [0, 0.05) is 42.9 Å². The van der Waals surface area contributed by atoms with E-state index < -0.39 is 6.09 Å². The highest BCUT2D eigenvalue weighted by Crippen LogP contribution is 2.34. The second-order valence-electron chi connectivity index (χ2n) is 7.12. The number of amides is 1. The lowest BCUT2D eigenvalue weighted by Gasteiger charge is -2.16. The Hall–Kier alpha value is -3.88. The SMILES string of the molecule is CCCCOC(=O)N(C)c1ccc2oc(-c3cnc(NC)c4cnc(N)cc34)nc2c1. The molecule has 0 saturated heterocycles. The fourth-order valence-corrected chi connectivity index (χ4v) is 3.27. The summed E-state index contributed by atoms with van der Waals surface area (Å²) in [7, 11) is 3.46. The minimum Gasteiger partial charge on any atom is -0.449 e. The molecule has 9 heteroatoms. The van der Waals surface area contributed by atoms with Crippen LogP contribution in [0.3, 0.4) is 0 Å². The summed E-state index contributed by atoms with van der Waals surface area (Å²) in [4.78, 5) is 26.9. The Kier molecular flexibility index (Phi) is 5.57. The van der Waals surface area contributed by atoms with Crippen molar-refractivity contribution in [3.8, 4) is 11.5 Å². The Balaban J connectivity index is 1.71. The van der Waals surface area contributed by atoms with E-state index in [2.05, 4.69) is 20.3 Å². The molecule has 3 N–H and O–H groups in total. The maximum absolute atomic E-state index is 12.2. The van der Waals surface area contributed by atoms with E-state index in [-0.39, 0.29) is 0 Å². The van der Waals surface area contributed by atoms with Gasteiger partial charge in [-0.05, 0) is 30.7 Å². The number of carbonyl (C=O) groups is 1. The molecule has 4 aromatic rings. The monoisotopic (exact) mass is 420 g/mol. The number of carbonyl (C=O) groups excluding carboxylic acids is 1. The second-order valence-corrected chi connectivity index (χ2v) is 7.12. The highest BCUT2D eigenvalue weighted by molar-refractivity contribution is 6.01. The van der Waals surface area contributed by atoms with Crippen LogP contribution < -0.4 is 16.0 Å². The highest BCUT2D eigenvalue weighted by atomic mass is 16.6. The molecule has 0 radical (unpaired) electrons. The molecule has 0 atom stereocenters. The fourth-order valence-electron chi connectivity index (χ4n) is 3.27. The average molecular weight is 420 g/mol. The lowest BCUT2D eigenvalue weighted by atomic mass is 10.1. The summed E-state index contributed by atoms with van der Waals surface area (Å²) < 4.78 is 11.3. The molecule has 9 nitrogen and oxygen atoms in total. The number of hydrogen-bond acceptors (Lipinski definition) is 8. The summed E-state index contributed by atoms with van der Waals surface area (Å²) in [6.45, 7) is 2.44. The summed E-state index contributed by atoms with van der Waals surface area (Å²) in [5, 5.41) is 4.69. The molecule has 0 aliphatic carbocycles. The van der Waals surface area contributed by atoms with Crippen LogP contribution >= 0.6 is 0 Å². The summed E-state index contributed by atoms with van der Waals surface area (Å²) in [5.74, 6) is 1.49. The van der Waals surface area contributed by atoms with Crippen LogP contribution in [0.25, 0.3) is 33.3 Å². The quantitative estimate of drug-likeness (QED) is 0.440. The number of fused-ring (bicyclic) bond motifs is 2.